The van der Waals surface area contributed by atoms with Crippen LogP contribution in [0.5, 0.6) is 0 Å². The second kappa shape index (κ2) is 9.80. The number of aryl methyl sites for hydroxylation is 2. The second-order valence-electron chi connectivity index (χ2n) is 8.10. The molecule has 2 aromatic rings. The quantitative estimate of drug-likeness (QED) is 0.708. The third kappa shape index (κ3) is 5.64. The highest BCUT2D eigenvalue weighted by Gasteiger charge is 2.28. The lowest BCUT2D eigenvalue weighted by Crippen LogP contribution is -2.41. The van der Waals surface area contributed by atoms with Crippen molar-refractivity contribution >= 4 is 27.3 Å². The van der Waals surface area contributed by atoms with E-state index in [2.05, 4.69) is 5.32 Å². The van der Waals surface area contributed by atoms with Gasteiger partial charge in [0.05, 0.1) is 24.7 Å². The van der Waals surface area contributed by atoms with Crippen LogP contribution in [-0.2, 0) is 19.6 Å². The molecular weight excluding hydrogens is 414 g/mol. The van der Waals surface area contributed by atoms with Crippen LogP contribution in [0, 0.1) is 13.8 Å². The second-order valence-corrected chi connectivity index (χ2v) is 10.0. The minimum absolute atomic E-state index is 0.128. The maximum atomic E-state index is 13.1. The summed E-state index contributed by atoms with van der Waals surface area (Å²) in [5.74, 6) is -0.201. The van der Waals surface area contributed by atoms with E-state index in [1.807, 2.05) is 49.9 Å². The number of benzene rings is 2. The summed E-state index contributed by atoms with van der Waals surface area (Å²) >= 11 is 0. The van der Waals surface area contributed by atoms with Gasteiger partial charge in [0.15, 0.2) is 0 Å². The van der Waals surface area contributed by atoms with Gasteiger partial charge >= 0.3 is 0 Å². The molecule has 1 aliphatic heterocycles. The fourth-order valence-electron chi connectivity index (χ4n) is 3.55. The SMILES string of the molecule is Cc1ccc(N(CC(=O)Nc2ccc(C)c(S(=O)(=O)N3CCOCC3)c2)C(C)C)cc1. The Morgan fingerprint density at radius 1 is 1.10 bits per heavy atom. The highest BCUT2D eigenvalue weighted by Crippen LogP contribution is 2.25. The lowest BCUT2D eigenvalue weighted by atomic mass is 10.2. The zero-order chi connectivity index (χ0) is 22.6. The lowest BCUT2D eigenvalue weighted by molar-refractivity contribution is -0.115. The van der Waals surface area contributed by atoms with E-state index in [4.69, 9.17) is 4.74 Å². The van der Waals surface area contributed by atoms with Gasteiger partial charge in [-0.3, -0.25) is 4.79 Å². The van der Waals surface area contributed by atoms with E-state index in [-0.39, 0.29) is 23.4 Å². The molecular formula is C23H31N3O4S. The minimum Gasteiger partial charge on any atom is -0.379 e. The van der Waals surface area contributed by atoms with E-state index in [9.17, 15) is 13.2 Å². The highest BCUT2D eigenvalue weighted by molar-refractivity contribution is 7.89. The fourth-order valence-corrected chi connectivity index (χ4v) is 5.20. The number of amides is 1. The van der Waals surface area contributed by atoms with Crippen molar-refractivity contribution in [2.75, 3.05) is 43.1 Å². The van der Waals surface area contributed by atoms with Crippen molar-refractivity contribution in [3.8, 4) is 0 Å². The summed E-state index contributed by atoms with van der Waals surface area (Å²) in [6.45, 7) is 9.46. The molecule has 0 unspecified atom stereocenters. The third-order valence-electron chi connectivity index (χ3n) is 5.36. The Kier molecular flexibility index (Phi) is 7.35. The summed E-state index contributed by atoms with van der Waals surface area (Å²) in [5, 5.41) is 2.86. The van der Waals surface area contributed by atoms with Gasteiger partial charge in [0, 0.05) is 30.5 Å². The Hall–Kier alpha value is -2.42. The predicted molar refractivity (Wildman–Crippen MR) is 123 cm³/mol. The van der Waals surface area contributed by atoms with E-state index in [0.29, 0.717) is 37.6 Å². The number of nitrogens with zero attached hydrogens (tertiary/aromatic N) is 2. The Bertz CT molecular complexity index is 1010. The van der Waals surface area contributed by atoms with Gasteiger partial charge in [-0.2, -0.15) is 4.31 Å². The van der Waals surface area contributed by atoms with Gasteiger partial charge in [0.1, 0.15) is 0 Å². The van der Waals surface area contributed by atoms with Crippen LogP contribution in [-0.4, -0.2) is 57.5 Å². The highest BCUT2D eigenvalue weighted by atomic mass is 32.2. The first-order valence-corrected chi connectivity index (χ1v) is 11.9. The zero-order valence-electron chi connectivity index (χ0n) is 18.6. The van der Waals surface area contributed by atoms with Crippen LogP contribution in [0.1, 0.15) is 25.0 Å². The molecule has 8 heteroatoms. The van der Waals surface area contributed by atoms with Crippen LogP contribution < -0.4 is 10.2 Å². The number of sulfonamides is 1. The van der Waals surface area contributed by atoms with Crippen LogP contribution in [0.15, 0.2) is 47.4 Å². The average Bonchev–Trinajstić information content (AvgIpc) is 2.74. The Balaban J connectivity index is 1.76. The van der Waals surface area contributed by atoms with Crippen LogP contribution in [0.2, 0.25) is 0 Å². The molecule has 0 radical (unpaired) electrons. The van der Waals surface area contributed by atoms with Crippen LogP contribution in [0.25, 0.3) is 0 Å². The molecule has 1 saturated heterocycles. The molecule has 0 bridgehead atoms. The number of nitrogens with one attached hydrogen (secondary N) is 1. The maximum absolute atomic E-state index is 13.1. The minimum atomic E-state index is -3.64. The molecule has 2 aromatic carbocycles. The first kappa shape index (κ1) is 23.2. The monoisotopic (exact) mass is 445 g/mol. The number of rotatable bonds is 7. The van der Waals surface area contributed by atoms with Gasteiger partial charge in [-0.15, -0.1) is 0 Å². The molecule has 0 aliphatic carbocycles. The molecule has 0 spiro atoms. The van der Waals surface area contributed by atoms with E-state index in [0.717, 1.165) is 11.3 Å². The van der Waals surface area contributed by atoms with E-state index in [1.165, 1.54) is 4.31 Å². The molecule has 0 saturated carbocycles. The molecule has 1 amide bonds. The molecule has 31 heavy (non-hydrogen) atoms. The van der Waals surface area contributed by atoms with Crippen molar-refractivity contribution in [3.63, 3.8) is 0 Å². The zero-order valence-corrected chi connectivity index (χ0v) is 19.4. The fraction of sp³-hybridized carbons (Fsp3) is 0.435. The Labute approximate surface area is 185 Å². The summed E-state index contributed by atoms with van der Waals surface area (Å²) in [6.07, 6.45) is 0. The normalized spacial score (nSPS) is 15.1. The van der Waals surface area contributed by atoms with Crippen LogP contribution in [0.3, 0.4) is 0 Å². The van der Waals surface area contributed by atoms with E-state index >= 15 is 0 Å². The van der Waals surface area contributed by atoms with Crippen LogP contribution >= 0.6 is 0 Å². The standard InChI is InChI=1S/C23H31N3O4S/c1-17(2)26(21-9-5-18(3)6-10-21)16-23(27)24-20-8-7-19(4)22(15-20)31(28,29)25-11-13-30-14-12-25/h5-10,15,17H,11-14,16H2,1-4H3,(H,24,27). The summed E-state index contributed by atoms with van der Waals surface area (Å²) in [7, 11) is -3.64. The maximum Gasteiger partial charge on any atom is 0.243 e. The summed E-state index contributed by atoms with van der Waals surface area (Å²) in [5.41, 5.74) is 3.24. The van der Waals surface area contributed by atoms with Crippen molar-refractivity contribution in [1.82, 2.24) is 4.31 Å². The van der Waals surface area contributed by atoms with Crippen LogP contribution in [0.4, 0.5) is 11.4 Å². The number of carbonyl (C=O) groups excluding carboxylic acids is 1. The van der Waals surface area contributed by atoms with Crippen molar-refractivity contribution < 1.29 is 17.9 Å². The average molecular weight is 446 g/mol. The Morgan fingerprint density at radius 3 is 2.35 bits per heavy atom. The van der Waals surface area contributed by atoms with Gasteiger partial charge in [-0.25, -0.2) is 8.42 Å². The number of morpholine rings is 1. The summed E-state index contributed by atoms with van der Waals surface area (Å²) in [6, 6.07) is 13.2. The summed E-state index contributed by atoms with van der Waals surface area (Å²) in [4.78, 5) is 15.0. The van der Waals surface area contributed by atoms with Gasteiger partial charge in [-0.1, -0.05) is 23.8 Å². The van der Waals surface area contributed by atoms with Crippen molar-refractivity contribution in [3.05, 3.63) is 53.6 Å². The van der Waals surface area contributed by atoms with Gasteiger partial charge < -0.3 is 15.0 Å². The first-order valence-electron chi connectivity index (χ1n) is 10.5. The molecule has 3 rings (SSSR count). The lowest BCUT2D eigenvalue weighted by Gasteiger charge is -2.28. The molecule has 7 nitrogen and oxygen atoms in total. The van der Waals surface area contributed by atoms with Gasteiger partial charge in [0.2, 0.25) is 15.9 Å². The molecule has 1 fully saturated rings. The van der Waals surface area contributed by atoms with Crippen molar-refractivity contribution in [2.45, 2.75) is 38.6 Å². The first-order chi connectivity index (χ1) is 14.7. The number of hydrogen-bond donors (Lipinski definition) is 1. The number of ether oxygens (including phenoxy) is 1. The topological polar surface area (TPSA) is 79.0 Å². The van der Waals surface area contributed by atoms with Gasteiger partial charge in [0.25, 0.3) is 0 Å². The predicted octanol–water partition coefficient (Wildman–Crippen LogP) is 3.18. The summed E-state index contributed by atoms with van der Waals surface area (Å²) < 4.78 is 32.9. The number of hydrogen-bond acceptors (Lipinski definition) is 5. The molecule has 0 atom stereocenters. The number of carbonyl (C=O) groups is 1. The van der Waals surface area contributed by atoms with Crippen molar-refractivity contribution in [2.24, 2.45) is 0 Å². The van der Waals surface area contributed by atoms with Gasteiger partial charge in [-0.05, 0) is 57.5 Å². The smallest absolute Gasteiger partial charge is 0.243 e. The van der Waals surface area contributed by atoms with E-state index in [1.54, 1.807) is 25.1 Å². The molecule has 168 valence electrons. The number of anilines is 2. The largest absolute Gasteiger partial charge is 0.379 e. The molecule has 0 aromatic heterocycles. The molecule has 1 aliphatic rings. The molecule has 1 N–H and O–H groups in total. The van der Waals surface area contributed by atoms with Crippen molar-refractivity contribution in [1.29, 1.82) is 0 Å². The third-order valence-corrected chi connectivity index (χ3v) is 7.40. The molecule has 1 heterocycles. The van der Waals surface area contributed by atoms with E-state index < -0.39 is 10.0 Å². The Morgan fingerprint density at radius 2 is 1.74 bits per heavy atom.